The van der Waals surface area contributed by atoms with Gasteiger partial charge in [0.15, 0.2) is 0 Å². The van der Waals surface area contributed by atoms with Crippen LogP contribution < -0.4 is 11.1 Å². The average Bonchev–Trinajstić information content (AvgIpc) is 3.20. The molecule has 1 aliphatic carbocycles. The minimum atomic E-state index is -0.173. The van der Waals surface area contributed by atoms with Crippen LogP contribution in [0, 0.1) is 11.8 Å². The van der Waals surface area contributed by atoms with Gasteiger partial charge in [-0.2, -0.15) is 0 Å². The van der Waals surface area contributed by atoms with Gasteiger partial charge in [-0.3, -0.25) is 4.79 Å². The highest BCUT2D eigenvalue weighted by Gasteiger charge is 2.34. The fourth-order valence-electron chi connectivity index (χ4n) is 2.10. The summed E-state index contributed by atoms with van der Waals surface area (Å²) in [7, 11) is 0. The van der Waals surface area contributed by atoms with E-state index >= 15 is 0 Å². The minimum absolute atomic E-state index is 0. The van der Waals surface area contributed by atoms with Crippen molar-refractivity contribution < 1.29 is 4.79 Å². The summed E-state index contributed by atoms with van der Waals surface area (Å²) >= 11 is 5.91. The number of hydrogen-bond donors (Lipinski definition) is 2. The van der Waals surface area contributed by atoms with Gasteiger partial charge in [0.05, 0.1) is 6.04 Å². The van der Waals surface area contributed by atoms with Gasteiger partial charge in [-0.25, -0.2) is 0 Å². The van der Waals surface area contributed by atoms with Crippen LogP contribution in [0.3, 0.4) is 0 Å². The SMILES string of the molecule is CC(N)C(C)C(=O)NC(c1ccc(Cl)cc1)C1CC1.Cl. The maximum absolute atomic E-state index is 12.2. The van der Waals surface area contributed by atoms with Crippen LogP contribution >= 0.6 is 24.0 Å². The van der Waals surface area contributed by atoms with Crippen LogP contribution in [0.25, 0.3) is 0 Å². The van der Waals surface area contributed by atoms with E-state index in [9.17, 15) is 4.79 Å². The van der Waals surface area contributed by atoms with E-state index in [2.05, 4.69) is 5.32 Å². The molecule has 1 aromatic rings. The molecule has 3 nitrogen and oxygen atoms in total. The van der Waals surface area contributed by atoms with Gasteiger partial charge in [0.25, 0.3) is 0 Å². The molecule has 3 unspecified atom stereocenters. The molecule has 0 bridgehead atoms. The van der Waals surface area contributed by atoms with Crippen molar-refractivity contribution in [1.82, 2.24) is 5.32 Å². The summed E-state index contributed by atoms with van der Waals surface area (Å²) in [6, 6.07) is 7.67. The molecule has 0 aliphatic heterocycles. The summed E-state index contributed by atoms with van der Waals surface area (Å²) < 4.78 is 0. The highest BCUT2D eigenvalue weighted by Crippen LogP contribution is 2.41. The molecule has 1 aliphatic rings. The van der Waals surface area contributed by atoms with Gasteiger partial charge in [-0.05, 0) is 43.4 Å². The van der Waals surface area contributed by atoms with Crippen molar-refractivity contribution in [1.29, 1.82) is 0 Å². The number of rotatable bonds is 5. The Kier molecular flexibility index (Phi) is 6.31. The van der Waals surface area contributed by atoms with Crippen molar-refractivity contribution in [2.24, 2.45) is 17.6 Å². The molecular formula is C15H22Cl2N2O. The van der Waals surface area contributed by atoms with Crippen molar-refractivity contribution in [3.8, 4) is 0 Å². The molecule has 0 aromatic heterocycles. The molecule has 0 spiro atoms. The van der Waals surface area contributed by atoms with Crippen LogP contribution in [0.2, 0.25) is 5.02 Å². The zero-order valence-corrected chi connectivity index (χ0v) is 13.4. The van der Waals surface area contributed by atoms with E-state index in [1.54, 1.807) is 0 Å². The average molecular weight is 317 g/mol. The topological polar surface area (TPSA) is 55.1 Å². The van der Waals surface area contributed by atoms with Gasteiger partial charge < -0.3 is 11.1 Å². The van der Waals surface area contributed by atoms with E-state index in [-0.39, 0.29) is 36.3 Å². The maximum Gasteiger partial charge on any atom is 0.224 e. The summed E-state index contributed by atoms with van der Waals surface area (Å²) in [6.45, 7) is 3.73. The van der Waals surface area contributed by atoms with E-state index in [4.69, 9.17) is 17.3 Å². The number of amides is 1. The Labute approximate surface area is 131 Å². The molecule has 0 radical (unpaired) electrons. The zero-order chi connectivity index (χ0) is 14.0. The number of benzene rings is 1. The molecule has 0 saturated heterocycles. The minimum Gasteiger partial charge on any atom is -0.349 e. The predicted octanol–water partition coefficient (Wildman–Crippen LogP) is 3.31. The lowest BCUT2D eigenvalue weighted by atomic mass is 9.99. The van der Waals surface area contributed by atoms with Crippen LogP contribution in [-0.2, 0) is 4.79 Å². The number of halogens is 2. The summed E-state index contributed by atoms with van der Waals surface area (Å²) in [5.74, 6) is 0.404. The molecule has 20 heavy (non-hydrogen) atoms. The van der Waals surface area contributed by atoms with Gasteiger partial charge in [0.1, 0.15) is 0 Å². The first-order valence-electron chi connectivity index (χ1n) is 6.80. The third-order valence-corrected chi connectivity index (χ3v) is 4.07. The second-order valence-electron chi connectivity index (χ2n) is 5.52. The standard InChI is InChI=1S/C15H21ClN2O.ClH/c1-9(10(2)17)15(19)18-14(11-3-4-11)12-5-7-13(16)8-6-12;/h5-11,14H,3-4,17H2,1-2H3,(H,18,19);1H. The van der Waals surface area contributed by atoms with Crippen molar-refractivity contribution in [3.05, 3.63) is 34.9 Å². The van der Waals surface area contributed by atoms with Crippen LogP contribution in [-0.4, -0.2) is 11.9 Å². The second kappa shape index (κ2) is 7.30. The third-order valence-electron chi connectivity index (χ3n) is 3.82. The van der Waals surface area contributed by atoms with E-state index in [0.29, 0.717) is 10.9 Å². The normalized spacial score (nSPS) is 18.6. The van der Waals surface area contributed by atoms with Gasteiger partial charge in [0.2, 0.25) is 5.91 Å². The van der Waals surface area contributed by atoms with Crippen LogP contribution in [0.5, 0.6) is 0 Å². The Morgan fingerprint density at radius 3 is 2.30 bits per heavy atom. The number of carbonyl (C=O) groups is 1. The Morgan fingerprint density at radius 2 is 1.85 bits per heavy atom. The van der Waals surface area contributed by atoms with Crippen molar-refractivity contribution in [2.75, 3.05) is 0 Å². The highest BCUT2D eigenvalue weighted by atomic mass is 35.5. The van der Waals surface area contributed by atoms with Crippen molar-refractivity contribution in [3.63, 3.8) is 0 Å². The Morgan fingerprint density at radius 1 is 1.30 bits per heavy atom. The molecule has 1 amide bonds. The predicted molar refractivity (Wildman–Crippen MR) is 85.1 cm³/mol. The molecule has 2 rings (SSSR count). The number of nitrogens with one attached hydrogen (secondary N) is 1. The first-order chi connectivity index (χ1) is 8.99. The monoisotopic (exact) mass is 316 g/mol. The molecule has 0 heterocycles. The largest absolute Gasteiger partial charge is 0.349 e. The fraction of sp³-hybridized carbons (Fsp3) is 0.533. The van der Waals surface area contributed by atoms with E-state index in [1.807, 2.05) is 38.1 Å². The first kappa shape index (κ1) is 17.3. The van der Waals surface area contributed by atoms with Crippen molar-refractivity contribution in [2.45, 2.75) is 38.8 Å². The molecule has 3 atom stereocenters. The third kappa shape index (κ3) is 4.37. The number of hydrogen-bond acceptors (Lipinski definition) is 2. The van der Waals surface area contributed by atoms with Crippen LogP contribution in [0.15, 0.2) is 24.3 Å². The fourth-order valence-corrected chi connectivity index (χ4v) is 2.22. The molecule has 1 fully saturated rings. The van der Waals surface area contributed by atoms with E-state index in [1.165, 1.54) is 12.8 Å². The molecule has 1 saturated carbocycles. The smallest absolute Gasteiger partial charge is 0.224 e. The quantitative estimate of drug-likeness (QED) is 0.875. The zero-order valence-electron chi connectivity index (χ0n) is 11.8. The highest BCUT2D eigenvalue weighted by molar-refractivity contribution is 6.30. The Balaban J connectivity index is 0.00000200. The molecule has 112 valence electrons. The molecule has 5 heteroatoms. The van der Waals surface area contributed by atoms with E-state index < -0.39 is 0 Å². The van der Waals surface area contributed by atoms with Gasteiger partial charge in [0, 0.05) is 17.0 Å². The van der Waals surface area contributed by atoms with Crippen LogP contribution in [0.4, 0.5) is 0 Å². The molecule has 3 N–H and O–H groups in total. The van der Waals surface area contributed by atoms with Gasteiger partial charge in [-0.1, -0.05) is 30.7 Å². The number of nitrogens with two attached hydrogens (primary N) is 1. The van der Waals surface area contributed by atoms with Crippen LogP contribution in [0.1, 0.15) is 38.3 Å². The molecular weight excluding hydrogens is 295 g/mol. The lowest BCUT2D eigenvalue weighted by molar-refractivity contribution is -0.125. The summed E-state index contributed by atoms with van der Waals surface area (Å²) in [4.78, 5) is 12.2. The lowest BCUT2D eigenvalue weighted by Gasteiger charge is -2.23. The maximum atomic E-state index is 12.2. The Hall–Kier alpha value is -0.770. The molecule has 1 aromatic carbocycles. The van der Waals surface area contributed by atoms with Gasteiger partial charge in [-0.15, -0.1) is 12.4 Å². The second-order valence-corrected chi connectivity index (χ2v) is 5.96. The first-order valence-corrected chi connectivity index (χ1v) is 7.18. The number of carbonyl (C=O) groups excluding carboxylic acids is 1. The summed E-state index contributed by atoms with van der Waals surface area (Å²) in [6.07, 6.45) is 2.33. The Bertz CT molecular complexity index is 444. The lowest BCUT2D eigenvalue weighted by Crippen LogP contribution is -2.40. The summed E-state index contributed by atoms with van der Waals surface area (Å²) in [5, 5.41) is 3.85. The van der Waals surface area contributed by atoms with Crippen molar-refractivity contribution >= 4 is 29.9 Å². The van der Waals surface area contributed by atoms with Gasteiger partial charge >= 0.3 is 0 Å². The summed E-state index contributed by atoms with van der Waals surface area (Å²) in [5.41, 5.74) is 6.91. The van der Waals surface area contributed by atoms with E-state index in [0.717, 1.165) is 5.56 Å².